The van der Waals surface area contributed by atoms with Crippen molar-refractivity contribution in [3.63, 3.8) is 0 Å². The molecule has 2 aromatic carbocycles. The maximum absolute atomic E-state index is 14.1. The summed E-state index contributed by atoms with van der Waals surface area (Å²) in [6, 6.07) is 9.05. The zero-order chi connectivity index (χ0) is 27.5. The molecule has 1 aliphatic carbocycles. The van der Waals surface area contributed by atoms with E-state index in [1.165, 1.54) is 19.9 Å². The highest BCUT2D eigenvalue weighted by Gasteiger charge is 2.56. The number of allylic oxidation sites excluding steroid dienone is 4. The number of rotatable bonds is 5. The van der Waals surface area contributed by atoms with Crippen LogP contribution >= 0.6 is 0 Å². The third kappa shape index (κ3) is 3.46. The van der Waals surface area contributed by atoms with Gasteiger partial charge in [0.25, 0.3) is 0 Å². The van der Waals surface area contributed by atoms with E-state index in [-0.39, 0.29) is 39.5 Å². The number of nitrogens with zero attached hydrogens (tertiary/aromatic N) is 2. The molecule has 0 bridgehead atoms. The summed E-state index contributed by atoms with van der Waals surface area (Å²) < 4.78 is 7.69. The molecule has 0 radical (unpaired) electrons. The van der Waals surface area contributed by atoms with Gasteiger partial charge in [-0.15, -0.1) is 0 Å². The van der Waals surface area contributed by atoms with Crippen molar-refractivity contribution in [1.29, 1.82) is 0 Å². The van der Waals surface area contributed by atoms with E-state index in [1.807, 2.05) is 48.1 Å². The number of hydrogen-bond donors (Lipinski definition) is 3. The Labute approximate surface area is 219 Å². The fourth-order valence-corrected chi connectivity index (χ4v) is 5.25. The van der Waals surface area contributed by atoms with Gasteiger partial charge in [-0.1, -0.05) is 30.3 Å². The summed E-state index contributed by atoms with van der Waals surface area (Å²) in [5.74, 6) is -1.90. The van der Waals surface area contributed by atoms with Gasteiger partial charge >= 0.3 is 0 Å². The first-order valence-electron chi connectivity index (χ1n) is 12.1. The Balaban J connectivity index is 1.66. The number of aromatic hydroxyl groups is 2. The van der Waals surface area contributed by atoms with Gasteiger partial charge in [-0.25, -0.2) is 4.98 Å². The zero-order valence-corrected chi connectivity index (χ0v) is 21.6. The van der Waals surface area contributed by atoms with Crippen LogP contribution in [0, 0.1) is 6.92 Å². The van der Waals surface area contributed by atoms with Crippen LogP contribution in [0.4, 0.5) is 0 Å². The number of carbonyl (C=O) groups excluding carboxylic acids is 3. The van der Waals surface area contributed by atoms with Crippen LogP contribution in [-0.4, -0.2) is 37.1 Å². The number of ether oxygens (including phenoxy) is 1. The van der Waals surface area contributed by atoms with E-state index in [0.29, 0.717) is 11.5 Å². The van der Waals surface area contributed by atoms with Crippen LogP contribution in [-0.2, 0) is 22.1 Å². The highest BCUT2D eigenvalue weighted by Crippen LogP contribution is 2.57. The van der Waals surface area contributed by atoms with E-state index in [1.54, 1.807) is 20.0 Å². The van der Waals surface area contributed by atoms with Crippen LogP contribution in [0.2, 0.25) is 0 Å². The summed E-state index contributed by atoms with van der Waals surface area (Å²) in [6.07, 6.45) is 4.68. The molecule has 0 unspecified atom stereocenters. The number of hydrogen-bond acceptors (Lipinski definition) is 8. The highest BCUT2D eigenvalue weighted by molar-refractivity contribution is 6.31. The molecule has 3 N–H and O–H groups in total. The van der Waals surface area contributed by atoms with Crippen molar-refractivity contribution in [3.05, 3.63) is 93.9 Å². The zero-order valence-electron chi connectivity index (χ0n) is 21.6. The van der Waals surface area contributed by atoms with E-state index in [9.17, 15) is 24.6 Å². The lowest BCUT2D eigenvalue weighted by Crippen LogP contribution is -2.41. The number of aromatic nitrogens is 2. The molecule has 9 nitrogen and oxygen atoms in total. The number of aryl methyl sites for hydroxylation is 1. The predicted octanol–water partition coefficient (Wildman–Crippen LogP) is 3.68. The van der Waals surface area contributed by atoms with Gasteiger partial charge in [0.15, 0.2) is 17.3 Å². The van der Waals surface area contributed by atoms with Gasteiger partial charge < -0.3 is 24.8 Å². The lowest BCUT2D eigenvalue weighted by atomic mass is 9.70. The molecule has 2 heterocycles. The number of Topliss-reactive ketones (excluding diaryl/α,β-unsaturated/α-hetero) is 2. The summed E-state index contributed by atoms with van der Waals surface area (Å²) in [5, 5.41) is 24.9. The molecule has 38 heavy (non-hydrogen) atoms. The van der Waals surface area contributed by atoms with Crippen LogP contribution in [0.1, 0.15) is 59.7 Å². The maximum atomic E-state index is 14.1. The molecule has 0 fully saturated rings. The first-order valence-corrected chi connectivity index (χ1v) is 12.1. The summed E-state index contributed by atoms with van der Waals surface area (Å²) in [4.78, 5) is 44.3. The topological polar surface area (TPSA) is 131 Å². The Morgan fingerprint density at radius 2 is 1.82 bits per heavy atom. The third-order valence-corrected chi connectivity index (χ3v) is 7.37. The number of phenolic OH excluding ortho intramolecular Hbond substituents is 2. The standard InChI is InChI=1S/C29H27N3O6/c1-14-24(35)21(16(3)33)26-22(25(14)36)29(4)19(38-26)13-18(34)20(27(29)37)15(2)31-23(17-9-7-6-8-10-17)28-30-11-12-32(28)5/h6-13,23,31,35-36H,1-5H3/b20-15+/t23-,29-/m0/s1. The van der Waals surface area contributed by atoms with Gasteiger partial charge in [0.2, 0.25) is 0 Å². The molecule has 5 rings (SSSR count). The highest BCUT2D eigenvalue weighted by atomic mass is 16.5. The molecule has 3 aromatic rings. The van der Waals surface area contributed by atoms with Crippen molar-refractivity contribution in [2.45, 2.75) is 39.2 Å². The normalized spacial score (nSPS) is 20.3. The Morgan fingerprint density at radius 1 is 1.13 bits per heavy atom. The average molecular weight is 514 g/mol. The Kier molecular flexibility index (Phi) is 5.74. The molecule has 2 atom stereocenters. The van der Waals surface area contributed by atoms with E-state index in [2.05, 4.69) is 10.3 Å². The smallest absolute Gasteiger partial charge is 0.194 e. The van der Waals surface area contributed by atoms with E-state index in [0.717, 1.165) is 5.56 Å². The summed E-state index contributed by atoms with van der Waals surface area (Å²) in [7, 11) is 1.86. The van der Waals surface area contributed by atoms with Gasteiger partial charge in [-0.3, -0.25) is 14.4 Å². The number of carbonyl (C=O) groups is 3. The molecule has 1 aromatic heterocycles. The lowest BCUT2D eigenvalue weighted by molar-refractivity contribution is -0.123. The Morgan fingerprint density at radius 3 is 2.42 bits per heavy atom. The first kappa shape index (κ1) is 25.0. The number of phenols is 2. The van der Waals surface area contributed by atoms with Gasteiger partial charge in [0.1, 0.15) is 45.9 Å². The fourth-order valence-electron chi connectivity index (χ4n) is 5.25. The molecule has 1 aliphatic heterocycles. The minimum absolute atomic E-state index is 0.00874. The molecule has 9 heteroatoms. The third-order valence-electron chi connectivity index (χ3n) is 7.37. The molecule has 0 saturated heterocycles. The SMILES string of the molecule is CC(=O)c1c(O)c(C)c(O)c2c1OC1=CC(=O)/C(=C(/C)N[C@@H](c3ccccc3)c3nccn3C)C(=O)[C@@]12C. The minimum atomic E-state index is -1.58. The van der Waals surface area contributed by atoms with Gasteiger partial charge in [0, 0.05) is 36.8 Å². The van der Waals surface area contributed by atoms with Crippen LogP contribution < -0.4 is 10.1 Å². The molecular weight excluding hydrogens is 486 g/mol. The molecule has 0 saturated carbocycles. The van der Waals surface area contributed by atoms with Crippen LogP contribution in [0.25, 0.3) is 0 Å². The average Bonchev–Trinajstić information content (AvgIpc) is 3.42. The largest absolute Gasteiger partial charge is 0.507 e. The van der Waals surface area contributed by atoms with Crippen molar-refractivity contribution < 1.29 is 29.3 Å². The number of nitrogens with one attached hydrogen (secondary N) is 1. The van der Waals surface area contributed by atoms with Crippen molar-refractivity contribution in [2.75, 3.05) is 0 Å². The number of benzene rings is 2. The second-order valence-corrected chi connectivity index (χ2v) is 9.77. The Hall–Kier alpha value is -4.66. The Bertz CT molecular complexity index is 1600. The fraction of sp³-hybridized carbons (Fsp3) is 0.241. The predicted molar refractivity (Wildman–Crippen MR) is 138 cm³/mol. The molecule has 0 spiro atoms. The lowest BCUT2D eigenvalue weighted by Gasteiger charge is -2.30. The number of fused-ring (bicyclic) bond motifs is 3. The van der Waals surface area contributed by atoms with Crippen molar-refractivity contribution in [3.8, 4) is 17.2 Å². The van der Waals surface area contributed by atoms with E-state index < -0.39 is 34.6 Å². The van der Waals surface area contributed by atoms with Gasteiger partial charge in [0.05, 0.1) is 11.1 Å². The summed E-state index contributed by atoms with van der Waals surface area (Å²) in [6.45, 7) is 5.88. The van der Waals surface area contributed by atoms with Crippen LogP contribution in [0.3, 0.4) is 0 Å². The van der Waals surface area contributed by atoms with Crippen LogP contribution in [0.5, 0.6) is 17.2 Å². The molecular formula is C29H27N3O6. The van der Waals surface area contributed by atoms with Crippen molar-refractivity contribution in [1.82, 2.24) is 14.9 Å². The summed E-state index contributed by atoms with van der Waals surface area (Å²) in [5.41, 5.74) is -0.531. The van der Waals surface area contributed by atoms with Gasteiger partial charge in [-0.05, 0) is 33.3 Å². The van der Waals surface area contributed by atoms with Crippen LogP contribution in [0.15, 0.2) is 65.8 Å². The second kappa shape index (κ2) is 8.72. The van der Waals surface area contributed by atoms with E-state index in [4.69, 9.17) is 4.74 Å². The van der Waals surface area contributed by atoms with Crippen molar-refractivity contribution in [2.24, 2.45) is 7.05 Å². The van der Waals surface area contributed by atoms with Gasteiger partial charge in [-0.2, -0.15) is 0 Å². The summed E-state index contributed by atoms with van der Waals surface area (Å²) >= 11 is 0. The first-order chi connectivity index (χ1) is 18.0. The number of ketones is 3. The van der Waals surface area contributed by atoms with Crippen molar-refractivity contribution >= 4 is 17.3 Å². The second-order valence-electron chi connectivity index (χ2n) is 9.77. The monoisotopic (exact) mass is 513 g/mol. The molecule has 0 amide bonds. The molecule has 194 valence electrons. The molecule has 2 aliphatic rings. The quantitative estimate of drug-likeness (QED) is 0.268. The maximum Gasteiger partial charge on any atom is 0.194 e. The minimum Gasteiger partial charge on any atom is -0.507 e. The number of imidazole rings is 1. The van der Waals surface area contributed by atoms with E-state index >= 15 is 0 Å².